The molecule has 2 atom stereocenters. The van der Waals surface area contributed by atoms with Gasteiger partial charge in [-0.05, 0) is 13.8 Å². The molecule has 0 aromatic carbocycles. The molecule has 2 N–H and O–H groups in total. The highest BCUT2D eigenvalue weighted by atomic mass is 16.4. The molecule has 0 amide bonds. The molecular weight excluding hydrogens is 108 g/mol. The molecule has 0 aliphatic carbocycles. The Morgan fingerprint density at radius 2 is 1.88 bits per heavy atom. The fraction of sp³-hybridized carbons (Fsp3) is 0.800. The molecule has 0 fully saturated rings. The third kappa shape index (κ3) is 1.93. The Labute approximate surface area is 47.9 Å². The molecule has 0 saturated carbocycles. The Bertz CT molecular complexity index is 87.7. The number of aliphatic hydroxyl groups excluding tert-OH is 1. The highest BCUT2D eigenvalue weighted by molar-refractivity contribution is 5.70. The summed E-state index contributed by atoms with van der Waals surface area (Å²) in [4.78, 5) is 9.98. The summed E-state index contributed by atoms with van der Waals surface area (Å²) in [6.07, 6.45) is -0.757. The van der Waals surface area contributed by atoms with Gasteiger partial charge in [0, 0.05) is 0 Å². The average Bonchev–Trinajstić information content (AvgIpc) is 1.64. The van der Waals surface area contributed by atoms with E-state index in [0.717, 1.165) is 0 Å². The number of hydrogen-bond acceptors (Lipinski definition) is 2. The maximum absolute atomic E-state index is 9.98. The molecular formula is C5H10O3. The highest BCUT2D eigenvalue weighted by Crippen LogP contribution is 1.99. The van der Waals surface area contributed by atoms with Crippen LogP contribution in [0.4, 0.5) is 0 Å². The maximum atomic E-state index is 9.98. The van der Waals surface area contributed by atoms with Gasteiger partial charge in [0.1, 0.15) is 0 Å². The van der Waals surface area contributed by atoms with E-state index in [-0.39, 0.29) is 0 Å². The number of rotatable bonds is 2. The van der Waals surface area contributed by atoms with Crippen molar-refractivity contribution in [3.63, 3.8) is 0 Å². The van der Waals surface area contributed by atoms with Crippen molar-refractivity contribution < 1.29 is 15.0 Å². The van der Waals surface area contributed by atoms with E-state index < -0.39 is 18.0 Å². The van der Waals surface area contributed by atoms with Gasteiger partial charge in [0.15, 0.2) is 0 Å². The molecule has 0 heterocycles. The van der Waals surface area contributed by atoms with Gasteiger partial charge in [-0.3, -0.25) is 4.79 Å². The summed E-state index contributed by atoms with van der Waals surface area (Å²) in [6.45, 7) is 2.92. The largest absolute Gasteiger partial charge is 0.481 e. The number of aliphatic hydroxyl groups is 1. The smallest absolute Gasteiger partial charge is 0.308 e. The molecule has 8 heavy (non-hydrogen) atoms. The van der Waals surface area contributed by atoms with E-state index in [2.05, 4.69) is 0 Å². The second kappa shape index (κ2) is 2.67. The second-order valence-electron chi connectivity index (χ2n) is 1.87. The summed E-state index contributed by atoms with van der Waals surface area (Å²) in [5.74, 6) is -1.62. The summed E-state index contributed by atoms with van der Waals surface area (Å²) in [5, 5.41) is 16.8. The Kier molecular flexibility index (Phi) is 2.48. The van der Waals surface area contributed by atoms with Crippen LogP contribution in [0.3, 0.4) is 0 Å². The predicted octanol–water partition coefficient (Wildman–Crippen LogP) is 0.0879. The summed E-state index contributed by atoms with van der Waals surface area (Å²) >= 11 is 0. The van der Waals surface area contributed by atoms with Crippen molar-refractivity contribution in [1.29, 1.82) is 0 Å². The first-order valence-electron chi connectivity index (χ1n) is 2.46. The van der Waals surface area contributed by atoms with Crippen LogP contribution in [0.25, 0.3) is 0 Å². The third-order valence-electron chi connectivity index (χ3n) is 1.11. The quantitative estimate of drug-likeness (QED) is 0.540. The van der Waals surface area contributed by atoms with Crippen molar-refractivity contribution in [2.24, 2.45) is 5.92 Å². The molecule has 0 aliphatic heterocycles. The van der Waals surface area contributed by atoms with Gasteiger partial charge in [0.2, 0.25) is 0 Å². The SMILES string of the molecule is CC(O)[C@@H](C)C(=O)O. The number of hydrogen-bond donors (Lipinski definition) is 2. The van der Waals surface area contributed by atoms with Gasteiger partial charge in [-0.25, -0.2) is 0 Å². The lowest BCUT2D eigenvalue weighted by molar-refractivity contribution is -0.144. The lowest BCUT2D eigenvalue weighted by atomic mass is 10.1. The fourth-order valence-corrected chi connectivity index (χ4v) is 0.206. The minimum Gasteiger partial charge on any atom is -0.481 e. The van der Waals surface area contributed by atoms with Gasteiger partial charge in [-0.1, -0.05) is 0 Å². The molecule has 3 nitrogen and oxygen atoms in total. The molecule has 0 bridgehead atoms. The van der Waals surface area contributed by atoms with E-state index in [1.54, 1.807) is 0 Å². The number of carboxylic acids is 1. The van der Waals surface area contributed by atoms with E-state index >= 15 is 0 Å². The van der Waals surface area contributed by atoms with Gasteiger partial charge in [0.05, 0.1) is 12.0 Å². The molecule has 3 heteroatoms. The maximum Gasteiger partial charge on any atom is 0.308 e. The summed E-state index contributed by atoms with van der Waals surface area (Å²) in [5.41, 5.74) is 0. The standard InChI is InChI=1S/C5H10O3/c1-3(4(2)6)5(7)8/h3-4,6H,1-2H3,(H,7,8)/t3-,4?/m1/s1. The van der Waals surface area contributed by atoms with Gasteiger partial charge in [0.25, 0.3) is 0 Å². The number of carbonyl (C=O) groups is 1. The normalized spacial score (nSPS) is 17.4. The predicted molar refractivity (Wildman–Crippen MR) is 28.5 cm³/mol. The van der Waals surface area contributed by atoms with Crippen molar-refractivity contribution in [1.82, 2.24) is 0 Å². The Balaban J connectivity index is 3.64. The van der Waals surface area contributed by atoms with Crippen molar-refractivity contribution in [2.45, 2.75) is 20.0 Å². The van der Waals surface area contributed by atoms with E-state index in [4.69, 9.17) is 10.2 Å². The van der Waals surface area contributed by atoms with Crippen LogP contribution in [-0.2, 0) is 4.79 Å². The van der Waals surface area contributed by atoms with Crippen LogP contribution < -0.4 is 0 Å². The zero-order valence-corrected chi connectivity index (χ0v) is 4.96. The van der Waals surface area contributed by atoms with Crippen LogP contribution in [0.15, 0.2) is 0 Å². The van der Waals surface area contributed by atoms with E-state index in [0.29, 0.717) is 0 Å². The minimum absolute atomic E-state index is 0.657. The fourth-order valence-electron chi connectivity index (χ4n) is 0.206. The van der Waals surface area contributed by atoms with E-state index in [9.17, 15) is 4.79 Å². The molecule has 0 saturated heterocycles. The van der Waals surface area contributed by atoms with Crippen molar-refractivity contribution >= 4 is 5.97 Å². The molecule has 0 spiro atoms. The molecule has 48 valence electrons. The van der Waals surface area contributed by atoms with Crippen molar-refractivity contribution in [2.75, 3.05) is 0 Å². The first-order valence-corrected chi connectivity index (χ1v) is 2.46. The van der Waals surface area contributed by atoms with Crippen LogP contribution in [0.5, 0.6) is 0 Å². The Hall–Kier alpha value is -0.570. The lowest BCUT2D eigenvalue weighted by Crippen LogP contribution is -2.21. The Morgan fingerprint density at radius 1 is 1.50 bits per heavy atom. The van der Waals surface area contributed by atoms with Crippen LogP contribution in [0.2, 0.25) is 0 Å². The topological polar surface area (TPSA) is 57.5 Å². The van der Waals surface area contributed by atoms with Crippen molar-refractivity contribution in [3.8, 4) is 0 Å². The zero-order chi connectivity index (χ0) is 6.73. The van der Waals surface area contributed by atoms with Crippen molar-refractivity contribution in [3.05, 3.63) is 0 Å². The van der Waals surface area contributed by atoms with Crippen LogP contribution >= 0.6 is 0 Å². The molecule has 0 aliphatic rings. The molecule has 0 radical (unpaired) electrons. The van der Waals surface area contributed by atoms with E-state index in [1.165, 1.54) is 13.8 Å². The van der Waals surface area contributed by atoms with Gasteiger partial charge in [-0.15, -0.1) is 0 Å². The van der Waals surface area contributed by atoms with Crippen LogP contribution in [0, 0.1) is 5.92 Å². The lowest BCUT2D eigenvalue weighted by Gasteiger charge is -2.06. The number of carboxylic acid groups (broad SMARTS) is 1. The first kappa shape index (κ1) is 7.43. The van der Waals surface area contributed by atoms with Crippen LogP contribution in [0.1, 0.15) is 13.8 Å². The summed E-state index contributed by atoms with van der Waals surface area (Å²) < 4.78 is 0. The summed E-state index contributed by atoms with van der Waals surface area (Å²) in [6, 6.07) is 0. The number of aliphatic carboxylic acids is 1. The highest BCUT2D eigenvalue weighted by Gasteiger charge is 2.15. The average molecular weight is 118 g/mol. The van der Waals surface area contributed by atoms with Gasteiger partial charge < -0.3 is 10.2 Å². The van der Waals surface area contributed by atoms with Crippen LogP contribution in [-0.4, -0.2) is 22.3 Å². The molecule has 0 aromatic rings. The monoisotopic (exact) mass is 118 g/mol. The minimum atomic E-state index is -0.958. The third-order valence-corrected chi connectivity index (χ3v) is 1.11. The van der Waals surface area contributed by atoms with Gasteiger partial charge in [-0.2, -0.15) is 0 Å². The zero-order valence-electron chi connectivity index (χ0n) is 4.96. The molecule has 1 unspecified atom stereocenters. The molecule has 0 aromatic heterocycles. The Morgan fingerprint density at radius 3 is 1.88 bits per heavy atom. The first-order chi connectivity index (χ1) is 3.55. The second-order valence-corrected chi connectivity index (χ2v) is 1.87. The molecule has 0 rings (SSSR count). The van der Waals surface area contributed by atoms with Gasteiger partial charge >= 0.3 is 5.97 Å². The van der Waals surface area contributed by atoms with E-state index in [1.807, 2.05) is 0 Å². The summed E-state index contributed by atoms with van der Waals surface area (Å²) in [7, 11) is 0.